The molecule has 1 heterocycles. The van der Waals surface area contributed by atoms with Gasteiger partial charge in [0.15, 0.2) is 0 Å². The minimum absolute atomic E-state index is 0.488. The Morgan fingerprint density at radius 2 is 2.00 bits per heavy atom. The normalized spacial score (nSPS) is 12.8. The average molecular weight is 317 g/mol. The number of aliphatic hydroxyl groups excluding tert-OH is 1. The van der Waals surface area contributed by atoms with Gasteiger partial charge < -0.3 is 5.11 Å². The van der Waals surface area contributed by atoms with E-state index in [9.17, 15) is 5.11 Å². The summed E-state index contributed by atoms with van der Waals surface area (Å²) in [6.07, 6.45) is 1.36. The number of hydrogen-bond acceptors (Lipinski definition) is 2. The summed E-state index contributed by atoms with van der Waals surface area (Å²) in [5.41, 5.74) is 2.91. The van der Waals surface area contributed by atoms with Crippen LogP contribution in [-0.2, 0) is 0 Å². The summed E-state index contributed by atoms with van der Waals surface area (Å²) < 4.78 is 2.78. The Kier molecular flexibility index (Phi) is 3.12. The number of benzene rings is 2. The second-order valence-corrected chi connectivity index (χ2v) is 5.35. The van der Waals surface area contributed by atoms with Crippen molar-refractivity contribution in [1.29, 1.82) is 0 Å². The van der Waals surface area contributed by atoms with Crippen molar-refractivity contribution in [2.75, 3.05) is 0 Å². The number of nitrogens with zero attached hydrogens (tertiary/aromatic N) is 2. The molecule has 3 rings (SSSR count). The Morgan fingerprint density at radius 3 is 2.74 bits per heavy atom. The van der Waals surface area contributed by atoms with Crippen LogP contribution in [0.25, 0.3) is 16.6 Å². The molecule has 0 unspecified atom stereocenters. The summed E-state index contributed by atoms with van der Waals surface area (Å²) in [5.74, 6) is 0. The molecule has 0 amide bonds. The van der Waals surface area contributed by atoms with Crippen LogP contribution in [0.15, 0.2) is 53.1 Å². The standard InChI is InChI=1S/C15H13BrN2O/c1-10(19)13-7-6-12(8-14(13)16)18-15-5-3-2-4-11(15)9-17-18/h2-10,19H,1H3/t10-/m1/s1. The van der Waals surface area contributed by atoms with Crippen LogP contribution < -0.4 is 0 Å². The van der Waals surface area contributed by atoms with Gasteiger partial charge in [-0.1, -0.05) is 40.2 Å². The van der Waals surface area contributed by atoms with Crippen LogP contribution in [0.1, 0.15) is 18.6 Å². The van der Waals surface area contributed by atoms with Crippen LogP contribution in [-0.4, -0.2) is 14.9 Å². The number of hydrogen-bond donors (Lipinski definition) is 1. The van der Waals surface area contributed by atoms with Crippen LogP contribution >= 0.6 is 15.9 Å². The SMILES string of the molecule is C[C@@H](O)c1ccc(-n2ncc3ccccc32)cc1Br. The van der Waals surface area contributed by atoms with Gasteiger partial charge in [-0.25, -0.2) is 4.68 Å². The zero-order valence-corrected chi connectivity index (χ0v) is 12.0. The zero-order valence-electron chi connectivity index (χ0n) is 10.4. The molecule has 96 valence electrons. The zero-order chi connectivity index (χ0) is 13.4. The van der Waals surface area contributed by atoms with E-state index in [1.165, 1.54) is 0 Å². The molecule has 4 heteroatoms. The van der Waals surface area contributed by atoms with Gasteiger partial charge in [-0.2, -0.15) is 5.10 Å². The molecule has 0 radical (unpaired) electrons. The maximum absolute atomic E-state index is 9.65. The van der Waals surface area contributed by atoms with Crippen molar-refractivity contribution in [3.8, 4) is 5.69 Å². The van der Waals surface area contributed by atoms with E-state index >= 15 is 0 Å². The largest absolute Gasteiger partial charge is 0.389 e. The van der Waals surface area contributed by atoms with Crippen molar-refractivity contribution >= 4 is 26.8 Å². The highest BCUT2D eigenvalue weighted by Gasteiger charge is 2.09. The van der Waals surface area contributed by atoms with Crippen LogP contribution in [0, 0.1) is 0 Å². The molecule has 0 aliphatic rings. The van der Waals surface area contributed by atoms with E-state index in [2.05, 4.69) is 21.0 Å². The molecule has 0 aliphatic carbocycles. The lowest BCUT2D eigenvalue weighted by Crippen LogP contribution is -1.98. The number of aliphatic hydroxyl groups is 1. The van der Waals surface area contributed by atoms with Crippen LogP contribution in [0.4, 0.5) is 0 Å². The number of para-hydroxylation sites is 1. The van der Waals surface area contributed by atoms with E-state index in [0.29, 0.717) is 0 Å². The van der Waals surface area contributed by atoms with Crippen LogP contribution in [0.2, 0.25) is 0 Å². The molecule has 0 fully saturated rings. The number of rotatable bonds is 2. The molecule has 2 aromatic carbocycles. The molecule has 1 aromatic heterocycles. The van der Waals surface area contributed by atoms with E-state index in [1.807, 2.05) is 53.3 Å². The molecule has 3 nitrogen and oxygen atoms in total. The molecule has 0 bridgehead atoms. The van der Waals surface area contributed by atoms with E-state index in [1.54, 1.807) is 6.92 Å². The Balaban J connectivity index is 2.14. The fourth-order valence-electron chi connectivity index (χ4n) is 2.16. The predicted molar refractivity (Wildman–Crippen MR) is 79.4 cm³/mol. The first-order chi connectivity index (χ1) is 9.16. The average Bonchev–Trinajstić information content (AvgIpc) is 2.82. The first kappa shape index (κ1) is 12.4. The van der Waals surface area contributed by atoms with Crippen molar-refractivity contribution < 1.29 is 5.11 Å². The van der Waals surface area contributed by atoms with E-state index in [0.717, 1.165) is 26.6 Å². The van der Waals surface area contributed by atoms with Gasteiger partial charge in [0.05, 0.1) is 23.5 Å². The summed E-state index contributed by atoms with van der Waals surface area (Å²) in [6.45, 7) is 1.75. The van der Waals surface area contributed by atoms with Crippen molar-refractivity contribution in [1.82, 2.24) is 9.78 Å². The highest BCUT2D eigenvalue weighted by atomic mass is 79.9. The minimum Gasteiger partial charge on any atom is -0.389 e. The highest BCUT2D eigenvalue weighted by Crippen LogP contribution is 2.27. The van der Waals surface area contributed by atoms with Crippen LogP contribution in [0.3, 0.4) is 0 Å². The number of halogens is 1. The number of fused-ring (bicyclic) bond motifs is 1. The molecule has 1 N–H and O–H groups in total. The topological polar surface area (TPSA) is 38.0 Å². The summed E-state index contributed by atoms with van der Waals surface area (Å²) in [5, 5.41) is 15.2. The Labute approximate surface area is 119 Å². The fraction of sp³-hybridized carbons (Fsp3) is 0.133. The monoisotopic (exact) mass is 316 g/mol. The van der Waals surface area contributed by atoms with E-state index in [-0.39, 0.29) is 0 Å². The maximum atomic E-state index is 9.65. The van der Waals surface area contributed by atoms with Crippen molar-refractivity contribution in [3.05, 3.63) is 58.7 Å². The first-order valence-electron chi connectivity index (χ1n) is 6.07. The smallest absolute Gasteiger partial charge is 0.0772 e. The highest BCUT2D eigenvalue weighted by molar-refractivity contribution is 9.10. The van der Waals surface area contributed by atoms with Gasteiger partial charge in [-0.15, -0.1) is 0 Å². The molecule has 0 saturated heterocycles. The van der Waals surface area contributed by atoms with Crippen molar-refractivity contribution in [2.45, 2.75) is 13.0 Å². The Morgan fingerprint density at radius 1 is 1.21 bits per heavy atom. The summed E-state index contributed by atoms with van der Waals surface area (Å²) in [4.78, 5) is 0. The molecule has 0 aliphatic heterocycles. The quantitative estimate of drug-likeness (QED) is 0.780. The van der Waals surface area contributed by atoms with Gasteiger partial charge in [0.2, 0.25) is 0 Å². The summed E-state index contributed by atoms with van der Waals surface area (Å²) in [7, 11) is 0. The lowest BCUT2D eigenvalue weighted by atomic mass is 10.1. The first-order valence-corrected chi connectivity index (χ1v) is 6.87. The molecule has 19 heavy (non-hydrogen) atoms. The van der Waals surface area contributed by atoms with Gasteiger partial charge in [-0.05, 0) is 30.7 Å². The summed E-state index contributed by atoms with van der Waals surface area (Å²) in [6, 6.07) is 13.9. The number of aromatic nitrogens is 2. The van der Waals surface area contributed by atoms with Gasteiger partial charge in [0.1, 0.15) is 0 Å². The third-order valence-electron chi connectivity index (χ3n) is 3.16. The Bertz CT molecular complexity index is 734. The van der Waals surface area contributed by atoms with Gasteiger partial charge in [0.25, 0.3) is 0 Å². The van der Waals surface area contributed by atoms with Gasteiger partial charge in [0, 0.05) is 9.86 Å². The second-order valence-electron chi connectivity index (χ2n) is 4.50. The van der Waals surface area contributed by atoms with Gasteiger partial charge >= 0.3 is 0 Å². The minimum atomic E-state index is -0.488. The molecular weight excluding hydrogens is 304 g/mol. The summed E-state index contributed by atoms with van der Waals surface area (Å²) >= 11 is 3.50. The molecule has 0 saturated carbocycles. The fourth-order valence-corrected chi connectivity index (χ4v) is 2.86. The van der Waals surface area contributed by atoms with E-state index in [4.69, 9.17) is 0 Å². The lowest BCUT2D eigenvalue weighted by molar-refractivity contribution is 0.198. The van der Waals surface area contributed by atoms with Gasteiger partial charge in [-0.3, -0.25) is 0 Å². The second kappa shape index (κ2) is 4.79. The van der Waals surface area contributed by atoms with Crippen molar-refractivity contribution in [2.24, 2.45) is 0 Å². The third kappa shape index (κ3) is 2.17. The Hall–Kier alpha value is -1.65. The third-order valence-corrected chi connectivity index (χ3v) is 3.84. The maximum Gasteiger partial charge on any atom is 0.0772 e. The molecule has 3 aromatic rings. The molecule has 0 spiro atoms. The van der Waals surface area contributed by atoms with E-state index < -0.39 is 6.10 Å². The lowest BCUT2D eigenvalue weighted by Gasteiger charge is -2.10. The van der Waals surface area contributed by atoms with Crippen molar-refractivity contribution in [3.63, 3.8) is 0 Å². The predicted octanol–water partition coefficient (Wildman–Crippen LogP) is 3.84. The van der Waals surface area contributed by atoms with Crippen LogP contribution in [0.5, 0.6) is 0 Å². The molecular formula is C15H13BrN2O. The molecule has 1 atom stereocenters.